The summed E-state index contributed by atoms with van der Waals surface area (Å²) in [5.41, 5.74) is 0. The third-order valence-corrected chi connectivity index (χ3v) is 7.66. The van der Waals surface area contributed by atoms with Gasteiger partial charge in [0.05, 0.1) is 0 Å². The zero-order valence-electron chi connectivity index (χ0n) is 12.2. The fourth-order valence-corrected chi connectivity index (χ4v) is 6.18. The summed E-state index contributed by atoms with van der Waals surface area (Å²) in [6.45, 7) is 2.17. The van der Waals surface area contributed by atoms with Gasteiger partial charge in [0.2, 0.25) is 0 Å². The van der Waals surface area contributed by atoms with E-state index in [-0.39, 0.29) is 5.16 Å². The number of rotatable bonds is 5. The fraction of sp³-hybridized carbons (Fsp3) is 0.714. The van der Waals surface area contributed by atoms with Crippen LogP contribution in [0.4, 0.5) is 0 Å². The van der Waals surface area contributed by atoms with Crippen LogP contribution in [-0.4, -0.2) is 53.3 Å². The second kappa shape index (κ2) is 6.32. The molecule has 108 valence electrons. The Morgan fingerprint density at radius 2 is 1.58 bits per heavy atom. The lowest BCUT2D eigenvalue weighted by molar-refractivity contribution is 0.0371. The van der Waals surface area contributed by atoms with Crippen LogP contribution < -0.4 is 0 Å². The summed E-state index contributed by atoms with van der Waals surface area (Å²) in [4.78, 5) is 2.50. The van der Waals surface area contributed by atoms with Crippen molar-refractivity contribution in [1.29, 1.82) is 0 Å². The van der Waals surface area contributed by atoms with Crippen LogP contribution in [0, 0.1) is 0 Å². The van der Waals surface area contributed by atoms with Crippen LogP contribution >= 0.6 is 0 Å². The van der Waals surface area contributed by atoms with Gasteiger partial charge in [0, 0.05) is 21.3 Å². The molecule has 0 N–H and O–H groups in total. The van der Waals surface area contributed by atoms with E-state index in [9.17, 15) is 0 Å². The quantitative estimate of drug-likeness (QED) is 0.723. The number of nitrogens with zero attached hydrogens (tertiary/aromatic N) is 1. The minimum atomic E-state index is -2.77. The van der Waals surface area contributed by atoms with Gasteiger partial charge in [-0.25, -0.2) is 0 Å². The topological polar surface area (TPSA) is 30.9 Å². The van der Waals surface area contributed by atoms with Crippen LogP contribution in [0.25, 0.3) is 0 Å². The van der Waals surface area contributed by atoms with Crippen molar-refractivity contribution in [2.45, 2.75) is 30.8 Å². The normalized spacial score (nSPS) is 28.8. The first kappa shape index (κ1) is 14.9. The van der Waals surface area contributed by atoms with Crippen LogP contribution in [-0.2, 0) is 13.3 Å². The lowest BCUT2D eigenvalue weighted by Crippen LogP contribution is -2.71. The molecular weight excluding hydrogens is 258 g/mol. The van der Waals surface area contributed by atoms with Crippen molar-refractivity contribution in [1.82, 2.24) is 4.90 Å². The summed E-state index contributed by atoms with van der Waals surface area (Å²) in [5, 5.41) is -0.250. The van der Waals surface area contributed by atoms with E-state index < -0.39 is 8.80 Å². The van der Waals surface area contributed by atoms with Gasteiger partial charge in [-0.05, 0) is 32.4 Å². The average molecular weight is 283 g/mol. The highest BCUT2D eigenvalue weighted by molar-refractivity contribution is 6.65. The Balaban J connectivity index is 2.38. The molecule has 0 amide bonds. The third kappa shape index (κ3) is 2.45. The SMILES string of the molecule is CO[Si](OC)(OC)C1(N2CCCCC2)C=CC=CC1. The largest absolute Gasteiger partial charge is 0.526 e. The van der Waals surface area contributed by atoms with Gasteiger partial charge in [0.25, 0.3) is 0 Å². The van der Waals surface area contributed by atoms with E-state index in [1.165, 1.54) is 19.3 Å². The minimum Gasteiger partial charge on any atom is -0.376 e. The van der Waals surface area contributed by atoms with E-state index in [2.05, 4.69) is 29.2 Å². The standard InChI is InChI=1S/C14H25NO3Si/c1-16-19(17-2,18-3)14(10-6-4-7-11-14)15-12-8-5-9-13-15/h4,6-7,10H,5,8-9,11-13H2,1-3H3. The van der Waals surface area contributed by atoms with Gasteiger partial charge in [-0.15, -0.1) is 0 Å². The summed E-state index contributed by atoms with van der Waals surface area (Å²) in [5.74, 6) is 0. The van der Waals surface area contributed by atoms with Crippen molar-refractivity contribution in [2.24, 2.45) is 0 Å². The molecule has 1 atom stereocenters. The summed E-state index contributed by atoms with van der Waals surface area (Å²) >= 11 is 0. The Hall–Kier alpha value is -0.463. The van der Waals surface area contributed by atoms with Crippen LogP contribution in [0.1, 0.15) is 25.7 Å². The molecular formula is C14H25NO3Si. The van der Waals surface area contributed by atoms with Crippen molar-refractivity contribution in [3.8, 4) is 0 Å². The molecule has 1 heterocycles. The highest BCUT2D eigenvalue weighted by atomic mass is 28.4. The van der Waals surface area contributed by atoms with E-state index in [1.54, 1.807) is 21.3 Å². The molecule has 19 heavy (non-hydrogen) atoms. The molecule has 0 bridgehead atoms. The molecule has 1 saturated heterocycles. The summed E-state index contributed by atoms with van der Waals surface area (Å²) in [7, 11) is 2.35. The van der Waals surface area contributed by atoms with E-state index in [0.29, 0.717) is 0 Å². The van der Waals surface area contributed by atoms with Crippen molar-refractivity contribution < 1.29 is 13.3 Å². The first-order chi connectivity index (χ1) is 9.24. The number of hydrogen-bond acceptors (Lipinski definition) is 4. The third-order valence-electron chi connectivity index (χ3n) is 4.30. The van der Waals surface area contributed by atoms with Crippen molar-refractivity contribution in [3.63, 3.8) is 0 Å². The van der Waals surface area contributed by atoms with Crippen molar-refractivity contribution in [3.05, 3.63) is 24.3 Å². The molecule has 0 spiro atoms. The van der Waals surface area contributed by atoms with Gasteiger partial charge >= 0.3 is 8.80 Å². The molecule has 1 fully saturated rings. The van der Waals surface area contributed by atoms with E-state index in [4.69, 9.17) is 13.3 Å². The summed E-state index contributed by atoms with van der Waals surface area (Å²) in [6, 6.07) is 0. The fourth-order valence-electron chi connectivity index (χ4n) is 3.34. The molecule has 2 rings (SSSR count). The average Bonchev–Trinajstić information content (AvgIpc) is 2.51. The van der Waals surface area contributed by atoms with Crippen molar-refractivity contribution >= 4 is 8.80 Å². The van der Waals surface area contributed by atoms with E-state index in [1.807, 2.05) is 0 Å². The highest BCUT2D eigenvalue weighted by Crippen LogP contribution is 2.38. The van der Waals surface area contributed by atoms with Gasteiger partial charge in [0.1, 0.15) is 5.16 Å². The Labute approximate surface area is 117 Å². The van der Waals surface area contributed by atoms with Gasteiger partial charge in [-0.2, -0.15) is 0 Å². The molecule has 5 heteroatoms. The second-order valence-corrected chi connectivity index (χ2v) is 8.33. The van der Waals surface area contributed by atoms with Crippen LogP contribution in [0.15, 0.2) is 24.3 Å². The predicted molar refractivity (Wildman–Crippen MR) is 77.8 cm³/mol. The summed E-state index contributed by atoms with van der Waals surface area (Å²) in [6.07, 6.45) is 13.3. The lowest BCUT2D eigenvalue weighted by atomic mass is 10.0. The second-order valence-electron chi connectivity index (χ2n) is 5.13. The molecule has 4 nitrogen and oxygen atoms in total. The van der Waals surface area contributed by atoms with Crippen molar-refractivity contribution in [2.75, 3.05) is 34.4 Å². The Morgan fingerprint density at radius 3 is 2.05 bits per heavy atom. The number of likely N-dealkylation sites (tertiary alicyclic amines) is 1. The van der Waals surface area contributed by atoms with E-state index >= 15 is 0 Å². The molecule has 2 aliphatic rings. The maximum Gasteiger partial charge on any atom is 0.526 e. The van der Waals surface area contributed by atoms with Gasteiger partial charge < -0.3 is 13.3 Å². The Kier molecular flexibility index (Phi) is 4.97. The van der Waals surface area contributed by atoms with Gasteiger partial charge in [0.15, 0.2) is 0 Å². The molecule has 0 aromatic carbocycles. The number of hydrogen-bond donors (Lipinski definition) is 0. The Morgan fingerprint density at radius 1 is 0.947 bits per heavy atom. The number of piperidine rings is 1. The molecule has 0 radical (unpaired) electrons. The molecule has 0 aromatic heterocycles. The van der Waals surface area contributed by atoms with Crippen LogP contribution in [0.5, 0.6) is 0 Å². The molecule has 1 unspecified atom stereocenters. The van der Waals surface area contributed by atoms with Gasteiger partial charge in [-0.3, -0.25) is 4.90 Å². The lowest BCUT2D eigenvalue weighted by Gasteiger charge is -2.50. The van der Waals surface area contributed by atoms with E-state index in [0.717, 1.165) is 19.5 Å². The Bertz CT molecular complexity index is 340. The predicted octanol–water partition coefficient (Wildman–Crippen LogP) is 2.14. The maximum atomic E-state index is 5.80. The molecule has 0 saturated carbocycles. The first-order valence-electron chi connectivity index (χ1n) is 6.99. The zero-order chi connectivity index (χ0) is 13.8. The zero-order valence-corrected chi connectivity index (χ0v) is 13.2. The summed E-state index contributed by atoms with van der Waals surface area (Å²) < 4.78 is 17.4. The van der Waals surface area contributed by atoms with Gasteiger partial charge in [-0.1, -0.05) is 30.7 Å². The molecule has 1 aliphatic heterocycles. The highest BCUT2D eigenvalue weighted by Gasteiger charge is 2.61. The number of allylic oxidation sites excluding steroid dienone is 2. The minimum absolute atomic E-state index is 0.250. The maximum absolute atomic E-state index is 5.80. The smallest absolute Gasteiger partial charge is 0.376 e. The molecule has 0 aromatic rings. The first-order valence-corrected chi connectivity index (χ1v) is 8.72. The van der Waals surface area contributed by atoms with Crippen LogP contribution in [0.2, 0.25) is 0 Å². The monoisotopic (exact) mass is 283 g/mol. The van der Waals surface area contributed by atoms with Crippen LogP contribution in [0.3, 0.4) is 0 Å². The molecule has 1 aliphatic carbocycles.